The molecule has 0 aliphatic rings. The molecule has 0 aliphatic heterocycles. The second-order valence-electron chi connectivity index (χ2n) is 5.53. The van der Waals surface area contributed by atoms with Gasteiger partial charge in [-0.2, -0.15) is 4.98 Å². The Hall–Kier alpha value is -3.29. The first kappa shape index (κ1) is 16.6. The maximum Gasteiger partial charge on any atom is 0.246 e. The molecule has 0 saturated carbocycles. The van der Waals surface area contributed by atoms with E-state index in [9.17, 15) is 13.6 Å². The molecule has 1 amide bonds. The lowest BCUT2D eigenvalue weighted by atomic mass is 10.2. The lowest BCUT2D eigenvalue weighted by molar-refractivity contribution is -0.114. The fraction of sp³-hybridized carbons (Fsp3) is 0.118. The van der Waals surface area contributed by atoms with Crippen LogP contribution in [0, 0.1) is 18.6 Å². The lowest BCUT2D eigenvalue weighted by Gasteiger charge is -2.08. The summed E-state index contributed by atoms with van der Waals surface area (Å²) in [6.07, 6.45) is 1.35. The number of nitrogens with one attached hydrogen (secondary N) is 2. The molecule has 1 heterocycles. The van der Waals surface area contributed by atoms with Gasteiger partial charge in [-0.25, -0.2) is 13.5 Å². The molecule has 3 aromatic rings. The van der Waals surface area contributed by atoms with Crippen molar-refractivity contribution in [1.82, 2.24) is 14.8 Å². The Bertz CT molecular complexity index is 918. The summed E-state index contributed by atoms with van der Waals surface area (Å²) in [5, 5.41) is 9.85. The highest BCUT2D eigenvalue weighted by molar-refractivity contribution is 5.89. The molecule has 25 heavy (non-hydrogen) atoms. The molecule has 0 radical (unpaired) electrons. The Kier molecular flexibility index (Phi) is 4.42. The van der Waals surface area contributed by atoms with Crippen molar-refractivity contribution in [2.45, 2.75) is 13.8 Å². The summed E-state index contributed by atoms with van der Waals surface area (Å²) in [4.78, 5) is 15.3. The van der Waals surface area contributed by atoms with Crippen LogP contribution >= 0.6 is 0 Å². The number of aromatic nitrogens is 3. The van der Waals surface area contributed by atoms with Crippen LogP contribution in [0.2, 0.25) is 0 Å². The zero-order valence-corrected chi connectivity index (χ0v) is 13.5. The number of amides is 1. The molecule has 128 valence electrons. The molecule has 3 rings (SSSR count). The van der Waals surface area contributed by atoms with E-state index >= 15 is 0 Å². The van der Waals surface area contributed by atoms with Gasteiger partial charge in [0.1, 0.15) is 18.0 Å². The lowest BCUT2D eigenvalue weighted by Crippen LogP contribution is -2.06. The van der Waals surface area contributed by atoms with Crippen molar-refractivity contribution >= 4 is 23.2 Å². The summed E-state index contributed by atoms with van der Waals surface area (Å²) in [7, 11) is 0. The van der Waals surface area contributed by atoms with Gasteiger partial charge in [-0.3, -0.25) is 4.79 Å². The minimum atomic E-state index is -0.696. The number of nitrogens with zero attached hydrogens (tertiary/aromatic N) is 3. The van der Waals surface area contributed by atoms with Gasteiger partial charge in [0.05, 0.1) is 5.69 Å². The first-order chi connectivity index (χ1) is 11.9. The van der Waals surface area contributed by atoms with E-state index in [1.165, 1.54) is 17.9 Å². The van der Waals surface area contributed by atoms with Crippen LogP contribution in [-0.4, -0.2) is 20.7 Å². The predicted octanol–water partition coefficient (Wildman–Crippen LogP) is 3.56. The van der Waals surface area contributed by atoms with E-state index in [1.54, 1.807) is 6.07 Å². The van der Waals surface area contributed by atoms with Gasteiger partial charge in [-0.15, -0.1) is 5.10 Å². The van der Waals surface area contributed by atoms with Crippen molar-refractivity contribution in [3.63, 3.8) is 0 Å². The summed E-state index contributed by atoms with van der Waals surface area (Å²) in [5.41, 5.74) is 2.47. The smallest absolute Gasteiger partial charge is 0.246 e. The van der Waals surface area contributed by atoms with Crippen molar-refractivity contribution in [1.29, 1.82) is 0 Å². The number of aryl methyl sites for hydroxylation is 1. The van der Waals surface area contributed by atoms with Crippen LogP contribution in [0.4, 0.5) is 26.1 Å². The first-order valence-corrected chi connectivity index (χ1v) is 7.43. The Morgan fingerprint density at radius 3 is 2.40 bits per heavy atom. The molecule has 6 nitrogen and oxygen atoms in total. The molecular weight excluding hydrogens is 328 g/mol. The van der Waals surface area contributed by atoms with Gasteiger partial charge in [-0.05, 0) is 42.8 Å². The average molecular weight is 343 g/mol. The number of anilines is 3. The van der Waals surface area contributed by atoms with Crippen LogP contribution in [0.5, 0.6) is 0 Å². The predicted molar refractivity (Wildman–Crippen MR) is 90.0 cm³/mol. The third-order valence-electron chi connectivity index (χ3n) is 3.26. The fourth-order valence-electron chi connectivity index (χ4n) is 2.38. The Morgan fingerprint density at radius 2 is 1.72 bits per heavy atom. The van der Waals surface area contributed by atoms with Crippen LogP contribution in [-0.2, 0) is 4.79 Å². The molecule has 0 unspecified atom stereocenters. The van der Waals surface area contributed by atoms with Crippen molar-refractivity contribution < 1.29 is 13.6 Å². The normalized spacial score (nSPS) is 10.6. The van der Waals surface area contributed by atoms with Gasteiger partial charge in [-0.1, -0.05) is 0 Å². The van der Waals surface area contributed by atoms with E-state index in [0.717, 1.165) is 23.8 Å². The minimum Gasteiger partial charge on any atom is -0.326 e. The van der Waals surface area contributed by atoms with Gasteiger partial charge < -0.3 is 10.6 Å². The Morgan fingerprint density at radius 1 is 1.04 bits per heavy atom. The quantitative estimate of drug-likeness (QED) is 0.760. The number of carbonyl (C=O) groups excluding carboxylic acids is 1. The third kappa shape index (κ3) is 4.17. The second kappa shape index (κ2) is 6.68. The highest BCUT2D eigenvalue weighted by atomic mass is 19.1. The number of hydrogen-bond donors (Lipinski definition) is 2. The summed E-state index contributed by atoms with van der Waals surface area (Å²) in [6, 6.07) is 8.51. The molecule has 0 atom stereocenters. The van der Waals surface area contributed by atoms with E-state index in [1.807, 2.05) is 19.1 Å². The van der Waals surface area contributed by atoms with E-state index in [4.69, 9.17) is 0 Å². The Balaban J connectivity index is 1.84. The average Bonchev–Trinajstić information content (AvgIpc) is 2.93. The molecule has 0 saturated heterocycles. The zero-order chi connectivity index (χ0) is 18.0. The van der Waals surface area contributed by atoms with Crippen LogP contribution in [0.15, 0.2) is 42.7 Å². The van der Waals surface area contributed by atoms with Gasteiger partial charge in [0, 0.05) is 24.4 Å². The van der Waals surface area contributed by atoms with Gasteiger partial charge >= 0.3 is 0 Å². The van der Waals surface area contributed by atoms with E-state index in [0.29, 0.717) is 11.4 Å². The summed E-state index contributed by atoms with van der Waals surface area (Å²) in [6.45, 7) is 3.31. The molecule has 0 aliphatic carbocycles. The molecule has 0 bridgehead atoms. The topological polar surface area (TPSA) is 71.8 Å². The minimum absolute atomic E-state index is 0.174. The van der Waals surface area contributed by atoms with Crippen molar-refractivity contribution in [3.8, 4) is 5.69 Å². The highest BCUT2D eigenvalue weighted by Gasteiger charge is 2.08. The van der Waals surface area contributed by atoms with Crippen LogP contribution in [0.1, 0.15) is 12.5 Å². The van der Waals surface area contributed by atoms with Gasteiger partial charge in [0.15, 0.2) is 0 Å². The zero-order valence-electron chi connectivity index (χ0n) is 13.5. The number of carbonyl (C=O) groups is 1. The number of hydrogen-bond acceptors (Lipinski definition) is 4. The maximum atomic E-state index is 13.3. The summed E-state index contributed by atoms with van der Waals surface area (Å²) in [5.74, 6) is -1.31. The van der Waals surface area contributed by atoms with Gasteiger partial charge in [0.25, 0.3) is 0 Å². The van der Waals surface area contributed by atoms with E-state index in [-0.39, 0.29) is 17.5 Å². The van der Waals surface area contributed by atoms with Crippen molar-refractivity contribution in [3.05, 3.63) is 59.9 Å². The standard InChI is InChI=1S/C17H15F2N5O/c1-10-3-14(21-11(2)25)8-15(4-10)22-17-20-9-24(23-17)16-6-12(18)5-13(19)7-16/h3-9H,1-2H3,(H,21,25)(H,22,23). The van der Waals surface area contributed by atoms with E-state index < -0.39 is 11.6 Å². The Labute approximate surface area is 142 Å². The van der Waals surface area contributed by atoms with Crippen LogP contribution in [0.3, 0.4) is 0 Å². The molecule has 2 aromatic carbocycles. The largest absolute Gasteiger partial charge is 0.326 e. The monoisotopic (exact) mass is 343 g/mol. The molecule has 1 aromatic heterocycles. The summed E-state index contributed by atoms with van der Waals surface area (Å²) >= 11 is 0. The molecule has 2 N–H and O–H groups in total. The second-order valence-corrected chi connectivity index (χ2v) is 5.53. The van der Waals surface area contributed by atoms with Crippen molar-refractivity contribution in [2.75, 3.05) is 10.6 Å². The van der Waals surface area contributed by atoms with E-state index in [2.05, 4.69) is 20.7 Å². The van der Waals surface area contributed by atoms with Gasteiger partial charge in [0.2, 0.25) is 11.9 Å². The number of benzene rings is 2. The highest BCUT2D eigenvalue weighted by Crippen LogP contribution is 2.21. The summed E-state index contributed by atoms with van der Waals surface area (Å²) < 4.78 is 27.9. The molecule has 8 heteroatoms. The number of halogens is 2. The first-order valence-electron chi connectivity index (χ1n) is 7.43. The number of rotatable bonds is 4. The van der Waals surface area contributed by atoms with Crippen LogP contribution in [0.25, 0.3) is 5.69 Å². The fourth-order valence-corrected chi connectivity index (χ4v) is 2.38. The van der Waals surface area contributed by atoms with Crippen molar-refractivity contribution in [2.24, 2.45) is 0 Å². The maximum absolute atomic E-state index is 13.3. The SMILES string of the molecule is CC(=O)Nc1cc(C)cc(Nc2ncn(-c3cc(F)cc(F)c3)n2)c1. The molecular formula is C17H15F2N5O. The molecule has 0 fully saturated rings. The van der Waals surface area contributed by atoms with Crippen LogP contribution < -0.4 is 10.6 Å². The third-order valence-corrected chi connectivity index (χ3v) is 3.26. The molecule has 0 spiro atoms.